The van der Waals surface area contributed by atoms with Gasteiger partial charge >= 0.3 is 10.1 Å². The van der Waals surface area contributed by atoms with E-state index in [4.69, 9.17) is 4.18 Å². The SMILES string of the molecule is Cc1ccc(S(=O)(=O)Oc2c(Br)cc(Br)cc2/C=C(\C#N)c2ccc([N+](=O)[O-])cc2)cc1. The van der Waals surface area contributed by atoms with Crippen LogP contribution in [-0.4, -0.2) is 13.3 Å². The zero-order valence-corrected chi connectivity index (χ0v) is 20.4. The van der Waals surface area contributed by atoms with Crippen molar-refractivity contribution in [2.24, 2.45) is 0 Å². The van der Waals surface area contributed by atoms with Gasteiger partial charge in [0.25, 0.3) is 5.69 Å². The molecule has 0 fully saturated rings. The van der Waals surface area contributed by atoms with Crippen LogP contribution < -0.4 is 4.18 Å². The first-order valence-electron chi connectivity index (χ1n) is 8.97. The van der Waals surface area contributed by atoms with Crippen LogP contribution >= 0.6 is 31.9 Å². The highest BCUT2D eigenvalue weighted by Crippen LogP contribution is 2.37. The molecule has 0 spiro atoms. The van der Waals surface area contributed by atoms with Crippen LogP contribution in [0.15, 0.2) is 74.5 Å². The number of allylic oxidation sites excluding steroid dienone is 1. The number of nitro benzene ring substituents is 1. The maximum Gasteiger partial charge on any atom is 0.339 e. The lowest BCUT2D eigenvalue weighted by Crippen LogP contribution is -2.11. The Balaban J connectivity index is 2.07. The molecule has 0 saturated carbocycles. The first kappa shape index (κ1) is 23.7. The number of halogens is 2. The van der Waals surface area contributed by atoms with Gasteiger partial charge in [0.2, 0.25) is 0 Å². The van der Waals surface area contributed by atoms with Crippen molar-refractivity contribution in [3.63, 3.8) is 0 Å². The summed E-state index contributed by atoms with van der Waals surface area (Å²) in [4.78, 5) is 10.3. The van der Waals surface area contributed by atoms with Gasteiger partial charge in [-0.15, -0.1) is 0 Å². The minimum absolute atomic E-state index is 0.00318. The number of hydrogen-bond donors (Lipinski definition) is 0. The maximum absolute atomic E-state index is 12.8. The van der Waals surface area contributed by atoms with Crippen molar-refractivity contribution in [2.75, 3.05) is 0 Å². The summed E-state index contributed by atoms with van der Waals surface area (Å²) in [6.45, 7) is 1.84. The van der Waals surface area contributed by atoms with Crippen LogP contribution in [0.1, 0.15) is 16.7 Å². The summed E-state index contributed by atoms with van der Waals surface area (Å²) in [5.41, 5.74) is 1.71. The largest absolute Gasteiger partial charge is 0.377 e. The fourth-order valence-electron chi connectivity index (χ4n) is 2.74. The molecule has 0 amide bonds. The van der Waals surface area contributed by atoms with E-state index in [2.05, 4.69) is 31.9 Å². The second kappa shape index (κ2) is 9.65. The van der Waals surface area contributed by atoms with Gasteiger partial charge in [0.15, 0.2) is 5.75 Å². The molecule has 0 heterocycles. The van der Waals surface area contributed by atoms with Crippen LogP contribution in [0.4, 0.5) is 5.69 Å². The average Bonchev–Trinajstić information content (AvgIpc) is 2.74. The summed E-state index contributed by atoms with van der Waals surface area (Å²) in [6, 6.07) is 17.0. The number of nitro groups is 1. The van der Waals surface area contributed by atoms with Crippen molar-refractivity contribution in [2.45, 2.75) is 11.8 Å². The van der Waals surface area contributed by atoms with Crippen molar-refractivity contribution < 1.29 is 17.5 Å². The number of nitriles is 1. The minimum atomic E-state index is -4.14. The molecule has 7 nitrogen and oxygen atoms in total. The zero-order chi connectivity index (χ0) is 23.5. The van der Waals surface area contributed by atoms with Gasteiger partial charge in [0.1, 0.15) is 4.90 Å². The summed E-state index contributed by atoms with van der Waals surface area (Å²) in [5, 5.41) is 20.5. The summed E-state index contributed by atoms with van der Waals surface area (Å²) in [5.74, 6) is 0.00318. The van der Waals surface area contributed by atoms with E-state index in [0.717, 1.165) is 5.56 Å². The van der Waals surface area contributed by atoms with E-state index in [9.17, 15) is 23.8 Å². The van der Waals surface area contributed by atoms with Gasteiger partial charge in [0, 0.05) is 22.2 Å². The Morgan fingerprint density at radius 1 is 1.09 bits per heavy atom. The van der Waals surface area contributed by atoms with Gasteiger partial charge in [-0.25, -0.2) is 0 Å². The molecule has 3 aromatic carbocycles. The Kier molecular flexibility index (Phi) is 7.13. The predicted octanol–water partition coefficient (Wildman–Crippen LogP) is 6.26. The number of benzene rings is 3. The Bertz CT molecular complexity index is 1360. The molecule has 0 aromatic heterocycles. The van der Waals surface area contributed by atoms with Crippen LogP contribution in [0.2, 0.25) is 0 Å². The summed E-state index contributed by atoms with van der Waals surface area (Å²) >= 11 is 6.67. The average molecular weight is 578 g/mol. The fourth-order valence-corrected chi connectivity index (χ4v) is 5.15. The molecule has 0 radical (unpaired) electrons. The fraction of sp³-hybridized carbons (Fsp3) is 0.0455. The van der Waals surface area contributed by atoms with Crippen LogP contribution in [-0.2, 0) is 10.1 Å². The molecule has 0 saturated heterocycles. The Morgan fingerprint density at radius 2 is 1.72 bits per heavy atom. The van der Waals surface area contributed by atoms with Crippen molar-refractivity contribution in [3.05, 3.63) is 96.4 Å². The highest BCUT2D eigenvalue weighted by Gasteiger charge is 2.21. The molecular formula is C22H14Br2N2O5S. The Labute approximate surface area is 201 Å². The molecule has 10 heteroatoms. The molecule has 0 bridgehead atoms. The first-order valence-corrected chi connectivity index (χ1v) is 12.0. The van der Waals surface area contributed by atoms with Crippen LogP contribution in [0.5, 0.6) is 5.75 Å². The van der Waals surface area contributed by atoms with Gasteiger partial charge < -0.3 is 4.18 Å². The zero-order valence-electron chi connectivity index (χ0n) is 16.5. The molecule has 162 valence electrons. The lowest BCUT2D eigenvalue weighted by Gasteiger charge is -2.13. The molecule has 0 unspecified atom stereocenters. The quantitative estimate of drug-likeness (QED) is 0.112. The molecule has 0 aliphatic heterocycles. The Morgan fingerprint density at radius 3 is 2.28 bits per heavy atom. The van der Waals surface area contributed by atoms with E-state index >= 15 is 0 Å². The molecule has 32 heavy (non-hydrogen) atoms. The molecule has 0 aliphatic rings. The second-order valence-electron chi connectivity index (χ2n) is 6.63. The van der Waals surface area contributed by atoms with Crippen molar-refractivity contribution >= 4 is 59.3 Å². The predicted molar refractivity (Wildman–Crippen MR) is 127 cm³/mol. The van der Waals surface area contributed by atoms with E-state index < -0.39 is 15.0 Å². The second-order valence-corrected chi connectivity index (χ2v) is 9.95. The normalized spacial score (nSPS) is 11.6. The number of aryl methyl sites for hydroxylation is 1. The van der Waals surface area contributed by atoms with Crippen LogP contribution in [0.25, 0.3) is 11.6 Å². The number of nitrogens with zero attached hydrogens (tertiary/aromatic N) is 2. The minimum Gasteiger partial charge on any atom is -0.377 e. The van der Waals surface area contributed by atoms with Gasteiger partial charge in [-0.1, -0.05) is 33.6 Å². The number of non-ortho nitro benzene ring substituents is 1. The summed E-state index contributed by atoms with van der Waals surface area (Å²) < 4.78 is 32.1. The van der Waals surface area contributed by atoms with Crippen molar-refractivity contribution in [3.8, 4) is 11.8 Å². The van der Waals surface area contributed by atoms with E-state index in [1.807, 2.05) is 13.0 Å². The highest BCUT2D eigenvalue weighted by atomic mass is 79.9. The van der Waals surface area contributed by atoms with E-state index in [0.29, 0.717) is 20.1 Å². The highest BCUT2D eigenvalue weighted by molar-refractivity contribution is 9.11. The Hall–Kier alpha value is -3.00. The number of rotatable bonds is 6. The monoisotopic (exact) mass is 576 g/mol. The number of hydrogen-bond acceptors (Lipinski definition) is 6. The van der Waals surface area contributed by atoms with Gasteiger partial charge in [-0.05, 0) is 70.9 Å². The molecule has 0 N–H and O–H groups in total. The third kappa shape index (κ3) is 5.43. The lowest BCUT2D eigenvalue weighted by molar-refractivity contribution is -0.384. The van der Waals surface area contributed by atoms with Gasteiger partial charge in [-0.3, -0.25) is 10.1 Å². The van der Waals surface area contributed by atoms with E-state index in [1.165, 1.54) is 42.5 Å². The van der Waals surface area contributed by atoms with Crippen molar-refractivity contribution in [1.29, 1.82) is 5.26 Å². The van der Waals surface area contributed by atoms with E-state index in [-0.39, 0.29) is 21.9 Å². The van der Waals surface area contributed by atoms with Crippen molar-refractivity contribution in [1.82, 2.24) is 0 Å². The molecular weight excluding hydrogens is 564 g/mol. The maximum atomic E-state index is 12.8. The molecule has 0 atom stereocenters. The molecule has 0 aliphatic carbocycles. The topological polar surface area (TPSA) is 110 Å². The van der Waals surface area contributed by atoms with E-state index in [1.54, 1.807) is 24.3 Å². The van der Waals surface area contributed by atoms with Crippen LogP contribution in [0.3, 0.4) is 0 Å². The molecule has 3 aromatic rings. The standard InChI is InChI=1S/C22H14Br2N2O5S/c1-14-2-8-20(9-3-14)32(29,30)31-22-16(11-18(23)12-21(22)24)10-17(13-25)15-4-6-19(7-5-15)26(27)28/h2-12H,1H3/b17-10+. The van der Waals surface area contributed by atoms with Gasteiger partial charge in [-0.2, -0.15) is 13.7 Å². The summed E-state index contributed by atoms with van der Waals surface area (Å²) in [6.07, 6.45) is 1.46. The summed E-state index contributed by atoms with van der Waals surface area (Å²) in [7, 11) is -4.14. The third-order valence-electron chi connectivity index (χ3n) is 4.35. The smallest absolute Gasteiger partial charge is 0.339 e. The van der Waals surface area contributed by atoms with Crippen LogP contribution in [0, 0.1) is 28.4 Å². The molecule has 3 rings (SSSR count). The lowest BCUT2D eigenvalue weighted by atomic mass is 10.0. The van der Waals surface area contributed by atoms with Gasteiger partial charge in [0.05, 0.1) is 21.0 Å². The third-order valence-corrected chi connectivity index (χ3v) is 6.63. The first-order chi connectivity index (χ1) is 15.1.